The summed E-state index contributed by atoms with van der Waals surface area (Å²) in [4.78, 5) is 15.5. The molecule has 0 saturated heterocycles. The number of rotatable bonds is 6. The van der Waals surface area contributed by atoms with Crippen molar-refractivity contribution in [3.05, 3.63) is 71.6 Å². The lowest BCUT2D eigenvalue weighted by Crippen LogP contribution is -2.24. The topological polar surface area (TPSA) is 75.0 Å². The van der Waals surface area contributed by atoms with Gasteiger partial charge in [-0.25, -0.2) is 4.79 Å². The van der Waals surface area contributed by atoms with Crippen molar-refractivity contribution in [1.29, 1.82) is 5.26 Å². The van der Waals surface area contributed by atoms with Crippen molar-refractivity contribution >= 4 is 12.2 Å². The molecule has 0 atom stereocenters. The maximum absolute atomic E-state index is 11.5. The van der Waals surface area contributed by atoms with E-state index >= 15 is 0 Å². The first-order valence-electron chi connectivity index (χ1n) is 7.24. The van der Waals surface area contributed by atoms with Crippen LogP contribution in [-0.4, -0.2) is 17.6 Å². The highest BCUT2D eigenvalue weighted by Crippen LogP contribution is 2.04. The zero-order valence-corrected chi connectivity index (χ0v) is 12.6. The van der Waals surface area contributed by atoms with Crippen LogP contribution in [0.2, 0.25) is 0 Å². The summed E-state index contributed by atoms with van der Waals surface area (Å²) in [5.74, 6) is 0. The molecule has 1 heterocycles. The largest absolute Gasteiger partial charge is 0.445 e. The fourth-order valence-corrected chi connectivity index (χ4v) is 1.86. The molecule has 0 aliphatic carbocycles. The minimum atomic E-state index is -0.435. The number of alkyl carbamates (subject to hydrolysis) is 1. The Labute approximate surface area is 135 Å². The quantitative estimate of drug-likeness (QED) is 0.831. The van der Waals surface area contributed by atoms with Crippen LogP contribution in [0.1, 0.15) is 23.1 Å². The van der Waals surface area contributed by atoms with Gasteiger partial charge in [0.1, 0.15) is 12.7 Å². The van der Waals surface area contributed by atoms with Gasteiger partial charge in [0, 0.05) is 18.9 Å². The Morgan fingerprint density at radius 2 is 2.13 bits per heavy atom. The first-order chi connectivity index (χ1) is 11.3. The van der Waals surface area contributed by atoms with Crippen LogP contribution in [0.4, 0.5) is 4.79 Å². The van der Waals surface area contributed by atoms with E-state index in [0.29, 0.717) is 18.5 Å². The molecule has 116 valence electrons. The van der Waals surface area contributed by atoms with Crippen LogP contribution in [0.5, 0.6) is 0 Å². The molecule has 23 heavy (non-hydrogen) atoms. The molecular formula is C18H17N3O2. The number of hydrogen-bond acceptors (Lipinski definition) is 4. The lowest BCUT2D eigenvalue weighted by Gasteiger charge is -2.05. The van der Waals surface area contributed by atoms with Crippen molar-refractivity contribution < 1.29 is 9.53 Å². The molecule has 0 aliphatic heterocycles. The first-order valence-corrected chi connectivity index (χ1v) is 7.24. The Bertz CT molecular complexity index is 706. The molecule has 1 N–H and O–H groups in total. The number of ether oxygens (including phenoxy) is 1. The number of nitrogens with one attached hydrogen (secondary N) is 1. The minimum absolute atomic E-state index is 0.259. The van der Waals surface area contributed by atoms with E-state index in [1.54, 1.807) is 12.3 Å². The SMILES string of the molecule is N#Cc1cncc(C=CCCNC(=O)OCc2ccccc2)c1. The van der Waals surface area contributed by atoms with Gasteiger partial charge in [-0.1, -0.05) is 42.5 Å². The van der Waals surface area contributed by atoms with Gasteiger partial charge in [0.05, 0.1) is 5.56 Å². The fourth-order valence-electron chi connectivity index (χ4n) is 1.86. The number of carbonyl (C=O) groups is 1. The molecule has 0 unspecified atom stereocenters. The number of aromatic nitrogens is 1. The summed E-state index contributed by atoms with van der Waals surface area (Å²) in [6.07, 6.45) is 7.20. The van der Waals surface area contributed by atoms with Gasteiger partial charge in [-0.3, -0.25) is 4.98 Å². The Morgan fingerprint density at radius 3 is 2.91 bits per heavy atom. The van der Waals surface area contributed by atoms with E-state index in [4.69, 9.17) is 10.00 Å². The van der Waals surface area contributed by atoms with Crippen molar-refractivity contribution in [2.24, 2.45) is 0 Å². The van der Waals surface area contributed by atoms with Gasteiger partial charge in [0.25, 0.3) is 0 Å². The molecule has 0 fully saturated rings. The number of benzene rings is 1. The third-order valence-electron chi connectivity index (χ3n) is 2.99. The predicted molar refractivity (Wildman–Crippen MR) is 87.2 cm³/mol. The van der Waals surface area contributed by atoms with E-state index in [9.17, 15) is 4.79 Å². The van der Waals surface area contributed by atoms with Crippen LogP contribution in [0.15, 0.2) is 54.9 Å². The van der Waals surface area contributed by atoms with Gasteiger partial charge in [-0.15, -0.1) is 0 Å². The third-order valence-corrected chi connectivity index (χ3v) is 2.99. The van der Waals surface area contributed by atoms with Crippen molar-refractivity contribution in [2.45, 2.75) is 13.0 Å². The Morgan fingerprint density at radius 1 is 1.30 bits per heavy atom. The lowest BCUT2D eigenvalue weighted by atomic mass is 10.2. The van der Waals surface area contributed by atoms with Crippen LogP contribution in [-0.2, 0) is 11.3 Å². The highest BCUT2D eigenvalue weighted by Gasteiger charge is 2.00. The van der Waals surface area contributed by atoms with E-state index < -0.39 is 6.09 Å². The molecule has 2 rings (SSSR count). The van der Waals surface area contributed by atoms with Crippen LogP contribution >= 0.6 is 0 Å². The summed E-state index contributed by atoms with van der Waals surface area (Å²) < 4.78 is 5.10. The maximum Gasteiger partial charge on any atom is 0.407 e. The third kappa shape index (κ3) is 6.02. The van der Waals surface area contributed by atoms with E-state index in [0.717, 1.165) is 11.1 Å². The molecular weight excluding hydrogens is 290 g/mol. The number of carbonyl (C=O) groups excluding carboxylic acids is 1. The summed E-state index contributed by atoms with van der Waals surface area (Å²) in [5.41, 5.74) is 2.33. The molecule has 0 bridgehead atoms. The smallest absolute Gasteiger partial charge is 0.407 e. The summed E-state index contributed by atoms with van der Waals surface area (Å²) in [7, 11) is 0. The van der Waals surface area contributed by atoms with E-state index in [2.05, 4.69) is 10.3 Å². The molecule has 1 amide bonds. The zero-order valence-electron chi connectivity index (χ0n) is 12.6. The van der Waals surface area contributed by atoms with Gasteiger partial charge in [0.15, 0.2) is 0 Å². The number of nitriles is 1. The molecule has 0 spiro atoms. The highest BCUT2D eigenvalue weighted by atomic mass is 16.5. The van der Waals surface area contributed by atoms with Crippen molar-refractivity contribution in [3.8, 4) is 6.07 Å². The monoisotopic (exact) mass is 307 g/mol. The second kappa shape index (κ2) is 9.00. The zero-order chi connectivity index (χ0) is 16.3. The number of pyridine rings is 1. The number of hydrogen-bond donors (Lipinski definition) is 1. The molecule has 2 aromatic rings. The van der Waals surface area contributed by atoms with Crippen molar-refractivity contribution in [2.75, 3.05) is 6.54 Å². The molecule has 0 saturated carbocycles. The average Bonchev–Trinajstić information content (AvgIpc) is 2.61. The van der Waals surface area contributed by atoms with Gasteiger partial charge in [-0.05, 0) is 23.6 Å². The molecule has 1 aromatic heterocycles. The number of nitrogens with zero attached hydrogens (tertiary/aromatic N) is 2. The Hall–Kier alpha value is -3.13. The molecule has 1 aromatic carbocycles. The normalized spacial score (nSPS) is 10.2. The molecule has 5 heteroatoms. The second-order valence-electron chi connectivity index (χ2n) is 4.80. The van der Waals surface area contributed by atoms with Crippen LogP contribution in [0.3, 0.4) is 0 Å². The van der Waals surface area contributed by atoms with Gasteiger partial charge >= 0.3 is 6.09 Å². The van der Waals surface area contributed by atoms with Gasteiger partial charge in [-0.2, -0.15) is 5.26 Å². The predicted octanol–water partition coefficient (Wildman–Crippen LogP) is 3.28. The highest BCUT2D eigenvalue weighted by molar-refractivity contribution is 5.67. The lowest BCUT2D eigenvalue weighted by molar-refractivity contribution is 0.140. The Balaban J connectivity index is 1.65. The van der Waals surface area contributed by atoms with Crippen LogP contribution < -0.4 is 5.32 Å². The standard InChI is InChI=1S/C18H17N3O2/c19-11-17-10-16(12-20-13-17)8-4-5-9-21-18(22)23-14-15-6-2-1-3-7-15/h1-4,6-8,10,12-13H,5,9,14H2,(H,21,22). The van der Waals surface area contributed by atoms with E-state index in [1.165, 1.54) is 6.20 Å². The Kier molecular flexibility index (Phi) is 6.36. The molecule has 0 aliphatic rings. The van der Waals surface area contributed by atoms with Crippen molar-refractivity contribution in [1.82, 2.24) is 10.3 Å². The first kappa shape index (κ1) is 16.2. The second-order valence-corrected chi connectivity index (χ2v) is 4.80. The average molecular weight is 307 g/mol. The van der Waals surface area contributed by atoms with Crippen molar-refractivity contribution in [3.63, 3.8) is 0 Å². The maximum atomic E-state index is 11.5. The van der Waals surface area contributed by atoms with Crippen LogP contribution in [0.25, 0.3) is 6.08 Å². The fraction of sp³-hybridized carbons (Fsp3) is 0.167. The molecule has 0 radical (unpaired) electrons. The summed E-state index contributed by atoms with van der Waals surface area (Å²) in [6, 6.07) is 13.3. The van der Waals surface area contributed by atoms with Gasteiger partial charge in [0.2, 0.25) is 0 Å². The summed E-state index contributed by atoms with van der Waals surface area (Å²) >= 11 is 0. The molecule has 5 nitrogen and oxygen atoms in total. The summed E-state index contributed by atoms with van der Waals surface area (Å²) in [5, 5.41) is 11.5. The number of amides is 1. The van der Waals surface area contributed by atoms with E-state index in [-0.39, 0.29) is 6.61 Å². The van der Waals surface area contributed by atoms with E-state index in [1.807, 2.05) is 48.6 Å². The van der Waals surface area contributed by atoms with Gasteiger partial charge < -0.3 is 10.1 Å². The minimum Gasteiger partial charge on any atom is -0.445 e. The summed E-state index contributed by atoms with van der Waals surface area (Å²) in [6.45, 7) is 0.741. The van der Waals surface area contributed by atoms with Crippen LogP contribution in [0, 0.1) is 11.3 Å².